The highest BCUT2D eigenvalue weighted by molar-refractivity contribution is 5.68. The highest BCUT2D eigenvalue weighted by Gasteiger charge is 2.22. The molecule has 2 aromatic heterocycles. The van der Waals surface area contributed by atoms with Crippen LogP contribution in [0, 0.1) is 10.1 Å². The summed E-state index contributed by atoms with van der Waals surface area (Å²) in [6.07, 6.45) is 6.28. The first-order chi connectivity index (χ1) is 13.6. The van der Waals surface area contributed by atoms with Gasteiger partial charge in [-0.1, -0.05) is 0 Å². The average Bonchev–Trinajstić information content (AvgIpc) is 3.24. The molecule has 1 aliphatic rings. The normalized spacial score (nSPS) is 14.8. The van der Waals surface area contributed by atoms with Gasteiger partial charge in [-0.2, -0.15) is 0 Å². The Kier molecular flexibility index (Phi) is 4.90. The lowest BCUT2D eigenvalue weighted by molar-refractivity contribution is -0.384. The molecule has 1 aliphatic heterocycles. The van der Waals surface area contributed by atoms with Crippen LogP contribution in [0.1, 0.15) is 12.8 Å². The molecule has 0 saturated carbocycles. The van der Waals surface area contributed by atoms with E-state index in [1.54, 1.807) is 18.6 Å². The number of aliphatic hydroxyl groups is 1. The Balaban J connectivity index is 1.58. The van der Waals surface area contributed by atoms with E-state index in [2.05, 4.69) is 15.3 Å². The van der Waals surface area contributed by atoms with Gasteiger partial charge in [0.15, 0.2) is 0 Å². The molecule has 2 N–H and O–H groups in total. The van der Waals surface area contributed by atoms with Gasteiger partial charge in [0.05, 0.1) is 17.4 Å². The minimum atomic E-state index is -0.446. The maximum absolute atomic E-state index is 11.4. The van der Waals surface area contributed by atoms with Crippen LogP contribution in [0.4, 0.5) is 23.0 Å². The first kappa shape index (κ1) is 17.9. The number of aliphatic hydroxyl groups excluding tert-OH is 1. The number of aromatic nitrogens is 3. The van der Waals surface area contributed by atoms with Gasteiger partial charge in [-0.05, 0) is 43.2 Å². The Morgan fingerprint density at radius 3 is 2.54 bits per heavy atom. The number of hydrogen-bond acceptors (Lipinski definition) is 7. The van der Waals surface area contributed by atoms with Crippen molar-refractivity contribution in [1.82, 2.24) is 14.5 Å². The van der Waals surface area contributed by atoms with Crippen LogP contribution in [-0.4, -0.2) is 43.8 Å². The summed E-state index contributed by atoms with van der Waals surface area (Å²) < 4.78 is 1.87. The Hall–Kier alpha value is -3.46. The van der Waals surface area contributed by atoms with Crippen LogP contribution in [0.5, 0.6) is 0 Å². The second kappa shape index (κ2) is 7.65. The number of nitro groups is 1. The molecule has 9 nitrogen and oxygen atoms in total. The van der Waals surface area contributed by atoms with Gasteiger partial charge in [-0.3, -0.25) is 10.1 Å². The standard InChI is InChI=1S/C19H20N6O3/c26-16-7-10-23(11-8-16)18-6-5-17(25(27)28)19(22-18)21-14-1-3-15(4-2-14)24-12-9-20-13-24/h1-6,9,12-13,16,26H,7-8,10-11H2,(H,21,22). The van der Waals surface area contributed by atoms with Crippen LogP contribution in [0.2, 0.25) is 0 Å². The third-order valence-corrected chi connectivity index (χ3v) is 4.78. The maximum Gasteiger partial charge on any atom is 0.311 e. The molecule has 0 unspecified atom stereocenters. The van der Waals surface area contributed by atoms with Crippen molar-refractivity contribution in [3.05, 3.63) is 65.2 Å². The number of nitrogens with zero attached hydrogens (tertiary/aromatic N) is 5. The molecule has 144 valence electrons. The van der Waals surface area contributed by atoms with Crippen molar-refractivity contribution in [2.75, 3.05) is 23.3 Å². The zero-order chi connectivity index (χ0) is 19.5. The fourth-order valence-electron chi connectivity index (χ4n) is 3.22. The van der Waals surface area contributed by atoms with Crippen molar-refractivity contribution in [3.63, 3.8) is 0 Å². The summed E-state index contributed by atoms with van der Waals surface area (Å²) in [5.41, 5.74) is 1.55. The van der Waals surface area contributed by atoms with Crippen LogP contribution in [0.15, 0.2) is 55.1 Å². The van der Waals surface area contributed by atoms with E-state index in [0.29, 0.717) is 37.4 Å². The van der Waals surface area contributed by atoms with E-state index < -0.39 is 4.92 Å². The van der Waals surface area contributed by atoms with Gasteiger partial charge in [-0.25, -0.2) is 9.97 Å². The average molecular weight is 380 g/mol. The summed E-state index contributed by atoms with van der Waals surface area (Å²) >= 11 is 0. The van der Waals surface area contributed by atoms with Crippen LogP contribution >= 0.6 is 0 Å². The Labute approximate surface area is 161 Å². The van der Waals surface area contributed by atoms with Crippen molar-refractivity contribution < 1.29 is 10.0 Å². The van der Waals surface area contributed by atoms with E-state index in [-0.39, 0.29) is 17.6 Å². The van der Waals surface area contributed by atoms with Crippen molar-refractivity contribution in [3.8, 4) is 5.69 Å². The molecule has 0 spiro atoms. The van der Waals surface area contributed by atoms with Gasteiger partial charge in [-0.15, -0.1) is 0 Å². The lowest BCUT2D eigenvalue weighted by Gasteiger charge is -2.30. The molecule has 0 amide bonds. The molecule has 4 rings (SSSR count). The molecule has 0 aliphatic carbocycles. The number of anilines is 3. The minimum Gasteiger partial charge on any atom is -0.393 e. The van der Waals surface area contributed by atoms with Crippen molar-refractivity contribution in [2.45, 2.75) is 18.9 Å². The molecule has 28 heavy (non-hydrogen) atoms. The van der Waals surface area contributed by atoms with E-state index in [1.165, 1.54) is 6.07 Å². The summed E-state index contributed by atoms with van der Waals surface area (Å²) in [4.78, 5) is 21.5. The summed E-state index contributed by atoms with van der Waals surface area (Å²) in [5.74, 6) is 0.860. The molecule has 3 heterocycles. The highest BCUT2D eigenvalue weighted by atomic mass is 16.6. The number of benzene rings is 1. The van der Waals surface area contributed by atoms with Crippen LogP contribution in [-0.2, 0) is 0 Å². The van der Waals surface area contributed by atoms with E-state index in [0.717, 1.165) is 5.69 Å². The number of nitrogens with one attached hydrogen (secondary N) is 1. The third kappa shape index (κ3) is 3.79. The summed E-state index contributed by atoms with van der Waals surface area (Å²) in [5, 5.41) is 24.2. The van der Waals surface area contributed by atoms with Gasteiger partial charge in [0.1, 0.15) is 5.82 Å². The van der Waals surface area contributed by atoms with Gasteiger partial charge >= 0.3 is 5.69 Å². The number of imidazole rings is 1. The van der Waals surface area contributed by atoms with E-state index >= 15 is 0 Å². The number of pyridine rings is 1. The quantitative estimate of drug-likeness (QED) is 0.517. The molecule has 0 radical (unpaired) electrons. The second-order valence-electron chi connectivity index (χ2n) is 6.65. The number of rotatable bonds is 5. The van der Waals surface area contributed by atoms with Crippen molar-refractivity contribution in [1.29, 1.82) is 0 Å². The predicted octanol–water partition coefficient (Wildman–Crippen LogP) is 2.88. The Morgan fingerprint density at radius 2 is 1.89 bits per heavy atom. The molecule has 1 saturated heterocycles. The number of hydrogen-bond donors (Lipinski definition) is 2. The largest absolute Gasteiger partial charge is 0.393 e. The summed E-state index contributed by atoms with van der Waals surface area (Å²) in [6, 6.07) is 10.6. The Bertz CT molecular complexity index is 950. The summed E-state index contributed by atoms with van der Waals surface area (Å²) in [7, 11) is 0. The first-order valence-electron chi connectivity index (χ1n) is 9.04. The molecule has 3 aromatic rings. The molecular weight excluding hydrogens is 360 g/mol. The van der Waals surface area contributed by atoms with Crippen molar-refractivity contribution in [2.24, 2.45) is 0 Å². The zero-order valence-electron chi connectivity index (χ0n) is 15.1. The topological polar surface area (TPSA) is 109 Å². The smallest absolute Gasteiger partial charge is 0.311 e. The lowest BCUT2D eigenvalue weighted by atomic mass is 10.1. The van der Waals surface area contributed by atoms with Crippen LogP contribution in [0.25, 0.3) is 5.69 Å². The van der Waals surface area contributed by atoms with E-state index in [1.807, 2.05) is 39.9 Å². The van der Waals surface area contributed by atoms with E-state index in [9.17, 15) is 15.2 Å². The predicted molar refractivity (Wildman–Crippen MR) is 105 cm³/mol. The maximum atomic E-state index is 11.4. The molecule has 0 bridgehead atoms. The van der Waals surface area contributed by atoms with Gasteiger partial charge in [0.2, 0.25) is 5.82 Å². The van der Waals surface area contributed by atoms with Gasteiger partial charge in [0.25, 0.3) is 0 Å². The molecule has 0 atom stereocenters. The van der Waals surface area contributed by atoms with E-state index in [4.69, 9.17) is 0 Å². The summed E-state index contributed by atoms with van der Waals surface area (Å²) in [6.45, 7) is 1.34. The highest BCUT2D eigenvalue weighted by Crippen LogP contribution is 2.30. The third-order valence-electron chi connectivity index (χ3n) is 4.78. The molecular formula is C19H20N6O3. The molecule has 9 heteroatoms. The monoisotopic (exact) mass is 380 g/mol. The first-order valence-corrected chi connectivity index (χ1v) is 9.04. The zero-order valence-corrected chi connectivity index (χ0v) is 15.1. The van der Waals surface area contributed by atoms with Gasteiger partial charge < -0.3 is 19.9 Å². The Morgan fingerprint density at radius 1 is 1.14 bits per heavy atom. The molecule has 1 fully saturated rings. The molecule has 1 aromatic carbocycles. The van der Waals surface area contributed by atoms with Crippen molar-refractivity contribution >= 4 is 23.0 Å². The second-order valence-corrected chi connectivity index (χ2v) is 6.65. The van der Waals surface area contributed by atoms with Crippen LogP contribution < -0.4 is 10.2 Å². The lowest BCUT2D eigenvalue weighted by Crippen LogP contribution is -2.36. The van der Waals surface area contributed by atoms with Crippen LogP contribution in [0.3, 0.4) is 0 Å². The fourth-order valence-corrected chi connectivity index (χ4v) is 3.22. The fraction of sp³-hybridized carbons (Fsp3) is 0.263. The van der Waals surface area contributed by atoms with Gasteiger partial charge in [0, 0.05) is 42.9 Å². The SMILES string of the molecule is O=[N+]([O-])c1ccc(N2CCC(O)CC2)nc1Nc1ccc(-n2ccnc2)cc1. The minimum absolute atomic E-state index is 0.0838. The number of piperidine rings is 1.